The lowest BCUT2D eigenvalue weighted by atomic mass is 9.69. The van der Waals surface area contributed by atoms with Crippen LogP contribution in [-0.2, 0) is 0 Å². The van der Waals surface area contributed by atoms with Crippen molar-refractivity contribution in [2.75, 3.05) is 4.90 Å². The van der Waals surface area contributed by atoms with Crippen LogP contribution in [0.15, 0.2) is 217 Å². The van der Waals surface area contributed by atoms with Crippen molar-refractivity contribution in [1.29, 1.82) is 0 Å². The summed E-state index contributed by atoms with van der Waals surface area (Å²) in [5, 5.41) is 5.25. The van der Waals surface area contributed by atoms with Crippen molar-refractivity contribution in [3.8, 4) is 5.69 Å². The topological polar surface area (TPSA) is 11.4 Å². The van der Waals surface area contributed by atoms with Gasteiger partial charge in [0.05, 0.1) is 22.3 Å². The largest absolute Gasteiger partial charge is 0.330 e. The van der Waals surface area contributed by atoms with Crippen molar-refractivity contribution < 1.29 is 0 Å². The average molecular weight is 804 g/mol. The maximum absolute atomic E-state index is 4.10. The lowest BCUT2D eigenvalue weighted by Crippen LogP contribution is -2.47. The van der Waals surface area contributed by atoms with Crippen molar-refractivity contribution in [3.63, 3.8) is 0 Å². The molecule has 2 unspecified atom stereocenters. The fraction of sp³-hybridized carbons (Fsp3) is 0.123. The molecule has 6 aromatic carbocycles. The van der Waals surface area contributed by atoms with Gasteiger partial charge in [-0.15, -0.1) is 17.9 Å². The molecule has 2 aliphatic carbocycles. The van der Waals surface area contributed by atoms with Gasteiger partial charge < -0.3 is 14.4 Å². The Morgan fingerprint density at radius 1 is 0.787 bits per heavy atom. The Bertz CT molecular complexity index is 3330. The quantitative estimate of drug-likeness (QED) is 0.117. The number of fused-ring (bicyclic) bond motifs is 13. The van der Waals surface area contributed by atoms with Crippen LogP contribution >= 0.6 is 11.3 Å². The molecule has 4 heteroatoms. The van der Waals surface area contributed by atoms with E-state index in [4.69, 9.17) is 0 Å². The van der Waals surface area contributed by atoms with Crippen LogP contribution in [0.1, 0.15) is 43.7 Å². The summed E-state index contributed by atoms with van der Waals surface area (Å²) in [6.45, 7) is 8.93. The SMILES string of the molecule is C=CC/C=C\C(=C(/C)c1ccccc1-n1c2ccccc2c2c3sc4ccccc4c3ccc21)N1C2=CC=CC[C@@H]2C2=C1C=CC1c3ccccc3N(c3ccccc3)C21C. The molecule has 0 radical (unpaired) electrons. The van der Waals surface area contributed by atoms with Crippen LogP contribution < -0.4 is 4.90 Å². The van der Waals surface area contributed by atoms with E-state index in [2.05, 4.69) is 217 Å². The first kappa shape index (κ1) is 36.0. The highest BCUT2D eigenvalue weighted by molar-refractivity contribution is 7.26. The zero-order valence-electron chi connectivity index (χ0n) is 34.4. The molecule has 0 amide bonds. The van der Waals surface area contributed by atoms with Gasteiger partial charge in [0.15, 0.2) is 0 Å². The fourth-order valence-electron chi connectivity index (χ4n) is 11.3. The monoisotopic (exact) mass is 803 g/mol. The van der Waals surface area contributed by atoms with E-state index >= 15 is 0 Å². The van der Waals surface area contributed by atoms with Gasteiger partial charge >= 0.3 is 0 Å². The van der Waals surface area contributed by atoms with Gasteiger partial charge in [-0.05, 0) is 104 Å². The summed E-state index contributed by atoms with van der Waals surface area (Å²) in [5.41, 5.74) is 14.9. The Labute approximate surface area is 361 Å². The van der Waals surface area contributed by atoms with Gasteiger partial charge in [0.2, 0.25) is 0 Å². The molecular formula is C57H45N3S. The highest BCUT2D eigenvalue weighted by atomic mass is 32.1. The molecule has 0 fully saturated rings. The summed E-state index contributed by atoms with van der Waals surface area (Å²) >= 11 is 1.91. The predicted octanol–water partition coefficient (Wildman–Crippen LogP) is 15.3. The van der Waals surface area contributed by atoms with E-state index < -0.39 is 0 Å². The molecule has 3 nitrogen and oxygen atoms in total. The van der Waals surface area contributed by atoms with Crippen LogP contribution in [-0.4, -0.2) is 15.0 Å². The molecule has 0 N–H and O–H groups in total. The van der Waals surface area contributed by atoms with Gasteiger partial charge in [-0.25, -0.2) is 0 Å². The Balaban J connectivity index is 1.10. The lowest BCUT2D eigenvalue weighted by molar-refractivity contribution is 0.463. The normalized spacial score (nSPS) is 20.8. The minimum atomic E-state index is -0.318. The van der Waals surface area contributed by atoms with Crippen LogP contribution in [0, 0.1) is 5.92 Å². The zero-order chi connectivity index (χ0) is 40.8. The van der Waals surface area contributed by atoms with Gasteiger partial charge in [0.25, 0.3) is 0 Å². The second kappa shape index (κ2) is 13.8. The van der Waals surface area contributed by atoms with E-state index in [1.54, 1.807) is 0 Å². The van der Waals surface area contributed by atoms with Crippen LogP contribution in [0.2, 0.25) is 0 Å². The number of allylic oxidation sites excluding steroid dienone is 9. The van der Waals surface area contributed by atoms with Gasteiger partial charge in [0.1, 0.15) is 0 Å². The van der Waals surface area contributed by atoms with E-state index in [1.165, 1.54) is 98.4 Å². The number of benzene rings is 6. The molecule has 2 aromatic heterocycles. The molecule has 0 saturated heterocycles. The summed E-state index contributed by atoms with van der Waals surface area (Å²) < 4.78 is 5.19. The smallest absolute Gasteiger partial charge is 0.0768 e. The van der Waals surface area contributed by atoms with E-state index in [0.717, 1.165) is 12.8 Å². The van der Waals surface area contributed by atoms with Crippen LogP contribution in [0.3, 0.4) is 0 Å². The summed E-state index contributed by atoms with van der Waals surface area (Å²) in [6.07, 6.45) is 20.3. The number of nitrogens with zero attached hydrogens (tertiary/aromatic N) is 3. The minimum absolute atomic E-state index is 0.211. The molecule has 294 valence electrons. The first-order chi connectivity index (χ1) is 30.1. The Kier molecular flexibility index (Phi) is 8.17. The van der Waals surface area contributed by atoms with Crippen LogP contribution in [0.25, 0.3) is 53.2 Å². The number of para-hydroxylation sites is 4. The summed E-state index contributed by atoms with van der Waals surface area (Å²) in [4.78, 5) is 5.24. The Morgan fingerprint density at radius 2 is 1.54 bits per heavy atom. The van der Waals surface area contributed by atoms with Crippen molar-refractivity contribution >= 4 is 70.3 Å². The predicted molar refractivity (Wildman–Crippen MR) is 260 cm³/mol. The Hall–Kier alpha value is -6.88. The standard InChI is InChI=1S/C57H45N3S/c1-4-5-7-27-46(58-49-30-17-13-26-44(49)55-52(58)36-34-45-42-24-11-18-31-50(42)60(57(45,55)3)38-20-8-6-9-21-38)37(2)39-22-10-15-28-47(39)59-48-29-16-12-25-43(48)54-51(59)35-33-41-40-23-14-19-32-53(40)61-56(41)54/h4,6-25,27-36,44-45H,1,5,26H2,2-3H3/b27-7-,46-37-/t44-,45?,57?/m0/s1. The number of thiophene rings is 1. The first-order valence-corrected chi connectivity index (χ1v) is 22.3. The summed E-state index contributed by atoms with van der Waals surface area (Å²) in [5.74, 6) is 0.438. The summed E-state index contributed by atoms with van der Waals surface area (Å²) in [6, 6.07) is 51.6. The second-order valence-corrected chi connectivity index (χ2v) is 17.9. The molecule has 8 aromatic rings. The van der Waals surface area contributed by atoms with Crippen molar-refractivity contribution in [2.45, 2.75) is 38.1 Å². The van der Waals surface area contributed by atoms with Gasteiger partial charge in [0, 0.05) is 76.8 Å². The molecule has 0 bridgehead atoms. The minimum Gasteiger partial charge on any atom is -0.330 e. The molecule has 0 saturated carbocycles. The number of rotatable bonds is 7. The van der Waals surface area contributed by atoms with Gasteiger partial charge in [-0.1, -0.05) is 127 Å². The van der Waals surface area contributed by atoms with E-state index in [9.17, 15) is 0 Å². The van der Waals surface area contributed by atoms with E-state index in [1.807, 2.05) is 17.4 Å². The molecule has 4 heterocycles. The molecule has 61 heavy (non-hydrogen) atoms. The van der Waals surface area contributed by atoms with Crippen molar-refractivity contribution in [3.05, 3.63) is 229 Å². The third-order valence-electron chi connectivity index (χ3n) is 13.8. The van der Waals surface area contributed by atoms with Gasteiger partial charge in [-0.3, -0.25) is 0 Å². The van der Waals surface area contributed by atoms with E-state index in [0.29, 0.717) is 0 Å². The van der Waals surface area contributed by atoms with Crippen LogP contribution in [0.4, 0.5) is 11.4 Å². The zero-order valence-corrected chi connectivity index (χ0v) is 35.2. The van der Waals surface area contributed by atoms with Crippen molar-refractivity contribution in [2.24, 2.45) is 5.92 Å². The lowest BCUT2D eigenvalue weighted by Gasteiger charge is -2.45. The molecule has 2 aliphatic heterocycles. The highest BCUT2D eigenvalue weighted by Crippen LogP contribution is 2.63. The third-order valence-corrected chi connectivity index (χ3v) is 15.0. The number of aromatic nitrogens is 1. The maximum atomic E-state index is 4.10. The molecule has 3 atom stereocenters. The fourth-order valence-corrected chi connectivity index (χ4v) is 12.5. The van der Waals surface area contributed by atoms with Crippen LogP contribution in [0.5, 0.6) is 0 Å². The highest BCUT2D eigenvalue weighted by Gasteiger charge is 2.57. The second-order valence-electron chi connectivity index (χ2n) is 16.9. The molecular weight excluding hydrogens is 759 g/mol. The average Bonchev–Trinajstić information content (AvgIpc) is 4.03. The first-order valence-electron chi connectivity index (χ1n) is 21.5. The molecule has 0 spiro atoms. The van der Waals surface area contributed by atoms with Gasteiger partial charge in [-0.2, -0.15) is 0 Å². The summed E-state index contributed by atoms with van der Waals surface area (Å²) in [7, 11) is 0. The third kappa shape index (κ3) is 5.09. The maximum Gasteiger partial charge on any atom is 0.0768 e. The van der Waals surface area contributed by atoms with Crippen molar-refractivity contribution in [1.82, 2.24) is 9.47 Å². The number of anilines is 2. The molecule has 12 rings (SSSR count). The Morgan fingerprint density at radius 3 is 2.41 bits per heavy atom. The number of hydrogen-bond donors (Lipinski definition) is 0. The molecule has 4 aliphatic rings. The van der Waals surface area contributed by atoms with E-state index in [-0.39, 0.29) is 17.4 Å². The number of hydrogen-bond acceptors (Lipinski definition) is 3.